The molecule has 1 saturated carbocycles. The Hall–Kier alpha value is -0.0900. The van der Waals surface area contributed by atoms with Crippen molar-refractivity contribution >= 4 is 22.9 Å². The van der Waals surface area contributed by atoms with Crippen LogP contribution in [0.5, 0.6) is 0 Å². The van der Waals surface area contributed by atoms with Gasteiger partial charge >= 0.3 is 0 Å². The van der Waals surface area contributed by atoms with E-state index in [1.165, 1.54) is 43.5 Å². The van der Waals surface area contributed by atoms with Gasteiger partial charge in [0.25, 0.3) is 0 Å². The van der Waals surface area contributed by atoms with E-state index >= 15 is 0 Å². The van der Waals surface area contributed by atoms with Gasteiger partial charge < -0.3 is 5.32 Å². The van der Waals surface area contributed by atoms with Gasteiger partial charge in [0.2, 0.25) is 0 Å². The lowest BCUT2D eigenvalue weighted by atomic mass is 9.82. The molecular formula is C16H25ClN2S. The zero-order chi connectivity index (χ0) is 13.9. The minimum atomic E-state index is 0.621. The second-order valence-electron chi connectivity index (χ2n) is 6.40. The normalized spacial score (nSPS) is 29.7. The Bertz CT molecular complexity index is 428. The van der Waals surface area contributed by atoms with Crippen molar-refractivity contribution in [2.75, 3.05) is 13.1 Å². The van der Waals surface area contributed by atoms with Crippen molar-refractivity contribution in [3.63, 3.8) is 0 Å². The lowest BCUT2D eigenvalue weighted by molar-refractivity contribution is 0.0990. The van der Waals surface area contributed by atoms with Crippen LogP contribution < -0.4 is 5.32 Å². The average Bonchev–Trinajstić information content (AvgIpc) is 2.88. The summed E-state index contributed by atoms with van der Waals surface area (Å²) in [6, 6.07) is 5.52. The number of hydrogen-bond acceptors (Lipinski definition) is 3. The Kier molecular flexibility index (Phi) is 5.03. The highest BCUT2D eigenvalue weighted by atomic mass is 35.5. The molecule has 2 unspecified atom stereocenters. The van der Waals surface area contributed by atoms with Crippen molar-refractivity contribution in [1.82, 2.24) is 10.2 Å². The number of halogens is 1. The first-order valence-electron chi connectivity index (χ1n) is 7.94. The van der Waals surface area contributed by atoms with Crippen molar-refractivity contribution in [2.24, 2.45) is 5.92 Å². The summed E-state index contributed by atoms with van der Waals surface area (Å²) in [5, 5.41) is 3.80. The van der Waals surface area contributed by atoms with Crippen LogP contribution in [-0.4, -0.2) is 30.1 Å². The molecule has 0 aromatic carbocycles. The summed E-state index contributed by atoms with van der Waals surface area (Å²) in [6.07, 6.45) is 7.14. The minimum Gasteiger partial charge on any atom is -0.311 e. The third-order valence-corrected chi connectivity index (χ3v) is 6.15. The van der Waals surface area contributed by atoms with E-state index < -0.39 is 0 Å². The van der Waals surface area contributed by atoms with Crippen molar-refractivity contribution in [1.29, 1.82) is 0 Å². The van der Waals surface area contributed by atoms with E-state index in [1.807, 2.05) is 6.07 Å². The number of hydrogen-bond donors (Lipinski definition) is 1. The zero-order valence-electron chi connectivity index (χ0n) is 12.3. The molecule has 3 rings (SSSR count). The number of rotatable bonds is 3. The number of thiophene rings is 1. The summed E-state index contributed by atoms with van der Waals surface area (Å²) in [5.41, 5.74) is 0. The van der Waals surface area contributed by atoms with Crippen molar-refractivity contribution < 1.29 is 0 Å². The lowest BCUT2D eigenvalue weighted by Gasteiger charge is -2.42. The number of piperazine rings is 1. The molecule has 2 fully saturated rings. The molecule has 112 valence electrons. The molecule has 0 radical (unpaired) electrons. The van der Waals surface area contributed by atoms with Crippen LogP contribution in [-0.2, 0) is 6.54 Å². The third kappa shape index (κ3) is 3.56. The lowest BCUT2D eigenvalue weighted by Crippen LogP contribution is -2.57. The number of nitrogens with zero attached hydrogens (tertiary/aromatic N) is 1. The second-order valence-corrected chi connectivity index (χ2v) is 8.20. The first kappa shape index (κ1) is 14.8. The summed E-state index contributed by atoms with van der Waals surface area (Å²) in [7, 11) is 0. The molecule has 2 atom stereocenters. The highest BCUT2D eigenvalue weighted by molar-refractivity contribution is 7.16. The van der Waals surface area contributed by atoms with E-state index in [4.69, 9.17) is 11.6 Å². The highest BCUT2D eigenvalue weighted by Gasteiger charge is 2.31. The molecule has 0 bridgehead atoms. The van der Waals surface area contributed by atoms with Crippen molar-refractivity contribution in [3.05, 3.63) is 21.3 Å². The standard InChI is InChI=1S/C16H25ClN2S/c1-12-9-18-15(13-5-3-2-4-6-13)11-19(12)10-14-7-8-16(17)20-14/h7-8,12-13,15,18H,2-6,9-11H2,1H3. The largest absolute Gasteiger partial charge is 0.311 e. The Morgan fingerprint density at radius 3 is 2.80 bits per heavy atom. The molecular weight excluding hydrogens is 288 g/mol. The summed E-state index contributed by atoms with van der Waals surface area (Å²) in [4.78, 5) is 4.03. The molecule has 1 aliphatic carbocycles. The molecule has 2 nitrogen and oxygen atoms in total. The van der Waals surface area contributed by atoms with Crippen LogP contribution >= 0.6 is 22.9 Å². The fourth-order valence-corrected chi connectivity index (χ4v) is 4.77. The van der Waals surface area contributed by atoms with Gasteiger partial charge in [-0.3, -0.25) is 4.90 Å². The van der Waals surface area contributed by atoms with E-state index in [0.717, 1.165) is 23.3 Å². The van der Waals surface area contributed by atoms with Gasteiger partial charge in [0.05, 0.1) is 4.34 Å². The van der Waals surface area contributed by atoms with Gasteiger partial charge in [-0.15, -0.1) is 11.3 Å². The van der Waals surface area contributed by atoms with Gasteiger partial charge in [-0.05, 0) is 37.8 Å². The van der Waals surface area contributed by atoms with E-state index in [0.29, 0.717) is 12.1 Å². The number of nitrogens with one attached hydrogen (secondary N) is 1. The van der Waals surface area contributed by atoms with Gasteiger partial charge in [-0.2, -0.15) is 0 Å². The summed E-state index contributed by atoms with van der Waals surface area (Å²) in [6.45, 7) is 5.71. The molecule has 20 heavy (non-hydrogen) atoms. The topological polar surface area (TPSA) is 15.3 Å². The maximum atomic E-state index is 6.05. The molecule has 2 heterocycles. The maximum absolute atomic E-state index is 6.05. The predicted molar refractivity (Wildman–Crippen MR) is 87.6 cm³/mol. The average molecular weight is 313 g/mol. The maximum Gasteiger partial charge on any atom is 0.0931 e. The van der Waals surface area contributed by atoms with Crippen LogP contribution in [0.4, 0.5) is 0 Å². The van der Waals surface area contributed by atoms with E-state index in [-0.39, 0.29) is 0 Å². The molecule has 1 saturated heterocycles. The summed E-state index contributed by atoms with van der Waals surface area (Å²) < 4.78 is 0.909. The van der Waals surface area contributed by atoms with Crippen molar-refractivity contribution in [2.45, 2.75) is 57.7 Å². The summed E-state index contributed by atoms with van der Waals surface area (Å²) >= 11 is 7.78. The third-order valence-electron chi connectivity index (χ3n) is 4.94. The van der Waals surface area contributed by atoms with Gasteiger partial charge in [0, 0.05) is 36.6 Å². The second kappa shape index (κ2) is 6.78. The van der Waals surface area contributed by atoms with Crippen molar-refractivity contribution in [3.8, 4) is 0 Å². The van der Waals surface area contributed by atoms with Crippen LogP contribution in [0.2, 0.25) is 4.34 Å². The Balaban J connectivity index is 1.60. The molecule has 0 spiro atoms. The molecule has 1 N–H and O–H groups in total. The zero-order valence-corrected chi connectivity index (χ0v) is 13.8. The van der Waals surface area contributed by atoms with E-state index in [9.17, 15) is 0 Å². The van der Waals surface area contributed by atoms with Gasteiger partial charge in [0.15, 0.2) is 0 Å². The first-order chi connectivity index (χ1) is 9.72. The smallest absolute Gasteiger partial charge is 0.0931 e. The quantitative estimate of drug-likeness (QED) is 0.902. The van der Waals surface area contributed by atoms with Crippen LogP contribution in [0.1, 0.15) is 43.9 Å². The predicted octanol–water partition coefficient (Wildman–Crippen LogP) is 4.14. The molecule has 4 heteroatoms. The molecule has 1 aromatic rings. The van der Waals surface area contributed by atoms with E-state index in [1.54, 1.807) is 11.3 Å². The molecule has 1 aromatic heterocycles. The Morgan fingerprint density at radius 2 is 2.10 bits per heavy atom. The fourth-order valence-electron chi connectivity index (χ4n) is 3.66. The van der Waals surface area contributed by atoms with Gasteiger partial charge in [0.1, 0.15) is 0 Å². The molecule has 2 aliphatic rings. The monoisotopic (exact) mass is 312 g/mol. The first-order valence-corrected chi connectivity index (χ1v) is 9.13. The SMILES string of the molecule is CC1CNC(C2CCCCC2)CN1Cc1ccc(Cl)s1. The fraction of sp³-hybridized carbons (Fsp3) is 0.750. The Labute approximate surface area is 131 Å². The molecule has 1 aliphatic heterocycles. The Morgan fingerprint density at radius 1 is 1.30 bits per heavy atom. The molecule has 0 amide bonds. The van der Waals surface area contributed by atoms with Crippen LogP contribution in [0.3, 0.4) is 0 Å². The van der Waals surface area contributed by atoms with E-state index in [2.05, 4.69) is 23.2 Å². The van der Waals surface area contributed by atoms with Gasteiger partial charge in [-0.25, -0.2) is 0 Å². The summed E-state index contributed by atoms with van der Waals surface area (Å²) in [5.74, 6) is 0.894. The highest BCUT2D eigenvalue weighted by Crippen LogP contribution is 2.29. The van der Waals surface area contributed by atoms with Crippen LogP contribution in [0.25, 0.3) is 0 Å². The minimum absolute atomic E-state index is 0.621. The van der Waals surface area contributed by atoms with Gasteiger partial charge in [-0.1, -0.05) is 30.9 Å². The van der Waals surface area contributed by atoms with Crippen LogP contribution in [0, 0.1) is 5.92 Å². The van der Waals surface area contributed by atoms with Crippen LogP contribution in [0.15, 0.2) is 12.1 Å².